The molecule has 0 bridgehead atoms. The van der Waals surface area contributed by atoms with Crippen molar-refractivity contribution in [3.05, 3.63) is 34.9 Å². The quantitative estimate of drug-likeness (QED) is 0.839. The molecule has 1 fully saturated rings. The van der Waals surface area contributed by atoms with Gasteiger partial charge in [-0.3, -0.25) is 4.90 Å². The molecule has 0 amide bonds. The van der Waals surface area contributed by atoms with Crippen LogP contribution in [0.25, 0.3) is 0 Å². The van der Waals surface area contributed by atoms with E-state index in [1.54, 1.807) is 0 Å². The highest BCUT2D eigenvalue weighted by Gasteiger charge is 2.20. The van der Waals surface area contributed by atoms with Crippen molar-refractivity contribution in [2.24, 2.45) is 0 Å². The largest absolute Gasteiger partial charge is 0.311 e. The molecule has 0 radical (unpaired) electrons. The predicted molar refractivity (Wildman–Crippen MR) is 86.0 cm³/mol. The van der Waals surface area contributed by atoms with Crippen molar-refractivity contribution in [2.45, 2.75) is 38.3 Å². The maximum absolute atomic E-state index is 6.21. The molecule has 1 aromatic carbocycles. The molecule has 2 rings (SSSR count). The normalized spacial score (nSPS) is 18.6. The van der Waals surface area contributed by atoms with Gasteiger partial charge in [-0.2, -0.15) is 0 Å². The average molecular weight is 291 g/mol. The van der Waals surface area contributed by atoms with Crippen molar-refractivity contribution in [1.29, 1.82) is 0 Å². The molecule has 1 unspecified atom stereocenters. The maximum Gasteiger partial charge on any atom is 0.0598 e. The fraction of sp³-hybridized carbons (Fsp3) is 0.529. The summed E-state index contributed by atoms with van der Waals surface area (Å²) in [6.07, 6.45) is 8.68. The van der Waals surface area contributed by atoms with E-state index in [2.05, 4.69) is 29.1 Å². The van der Waals surface area contributed by atoms with Gasteiger partial charge < -0.3 is 5.32 Å². The zero-order valence-corrected chi connectivity index (χ0v) is 12.9. The summed E-state index contributed by atoms with van der Waals surface area (Å²) < 4.78 is 0. The molecular weight excluding hydrogens is 268 g/mol. The van der Waals surface area contributed by atoms with Crippen LogP contribution in [-0.4, -0.2) is 36.6 Å². The topological polar surface area (TPSA) is 15.3 Å². The Morgan fingerprint density at radius 1 is 1.40 bits per heavy atom. The lowest BCUT2D eigenvalue weighted by atomic mass is 10.0. The smallest absolute Gasteiger partial charge is 0.0598 e. The molecule has 0 aliphatic carbocycles. The number of rotatable bonds is 5. The third kappa shape index (κ3) is 4.52. The lowest BCUT2D eigenvalue weighted by Crippen LogP contribution is -2.46. The van der Waals surface area contributed by atoms with Gasteiger partial charge in [0.1, 0.15) is 0 Å². The Morgan fingerprint density at radius 2 is 2.10 bits per heavy atom. The highest BCUT2D eigenvalue weighted by atomic mass is 35.5. The molecule has 1 saturated heterocycles. The first-order valence-corrected chi connectivity index (χ1v) is 7.72. The van der Waals surface area contributed by atoms with E-state index in [0.29, 0.717) is 12.1 Å². The van der Waals surface area contributed by atoms with Crippen molar-refractivity contribution < 1.29 is 0 Å². The molecule has 1 heterocycles. The monoisotopic (exact) mass is 290 g/mol. The van der Waals surface area contributed by atoms with Gasteiger partial charge >= 0.3 is 0 Å². The van der Waals surface area contributed by atoms with Gasteiger partial charge in [0.25, 0.3) is 0 Å². The van der Waals surface area contributed by atoms with Crippen LogP contribution in [0.2, 0.25) is 5.02 Å². The molecule has 3 heteroatoms. The van der Waals surface area contributed by atoms with E-state index in [-0.39, 0.29) is 0 Å². The molecule has 20 heavy (non-hydrogen) atoms. The summed E-state index contributed by atoms with van der Waals surface area (Å²) in [4.78, 5) is 2.34. The minimum Gasteiger partial charge on any atom is -0.311 e. The van der Waals surface area contributed by atoms with Crippen LogP contribution >= 0.6 is 11.6 Å². The van der Waals surface area contributed by atoms with E-state index >= 15 is 0 Å². The lowest BCUT2D eigenvalue weighted by Gasteiger charge is -2.33. The van der Waals surface area contributed by atoms with Crippen LogP contribution in [0.3, 0.4) is 0 Å². The fourth-order valence-electron chi connectivity index (χ4n) is 2.84. The second-order valence-corrected chi connectivity index (χ2v) is 6.02. The number of halogens is 1. The Labute approximate surface area is 127 Å². The SMILES string of the molecule is C#CCN1CCC(NC(C)Cc2ccccc2Cl)CC1. The number of hydrogen-bond donors (Lipinski definition) is 1. The molecule has 0 aromatic heterocycles. The third-order valence-corrected chi connectivity index (χ3v) is 4.28. The minimum atomic E-state index is 0.444. The van der Waals surface area contributed by atoms with Crippen molar-refractivity contribution >= 4 is 11.6 Å². The van der Waals surface area contributed by atoms with Crippen LogP contribution < -0.4 is 5.32 Å². The Hall–Kier alpha value is -1.01. The molecule has 1 N–H and O–H groups in total. The number of piperidine rings is 1. The van der Waals surface area contributed by atoms with E-state index in [1.165, 1.54) is 18.4 Å². The maximum atomic E-state index is 6.21. The van der Waals surface area contributed by atoms with Gasteiger partial charge in [0, 0.05) is 30.2 Å². The summed E-state index contributed by atoms with van der Waals surface area (Å²) in [5, 5.41) is 4.59. The average Bonchev–Trinajstić information content (AvgIpc) is 2.44. The molecule has 1 atom stereocenters. The number of nitrogens with one attached hydrogen (secondary N) is 1. The van der Waals surface area contributed by atoms with Crippen molar-refractivity contribution in [3.63, 3.8) is 0 Å². The zero-order chi connectivity index (χ0) is 14.4. The van der Waals surface area contributed by atoms with Crippen molar-refractivity contribution in [1.82, 2.24) is 10.2 Å². The van der Waals surface area contributed by atoms with Gasteiger partial charge in [-0.15, -0.1) is 6.42 Å². The van der Waals surface area contributed by atoms with E-state index in [0.717, 1.165) is 31.1 Å². The van der Waals surface area contributed by atoms with Gasteiger partial charge in [0.05, 0.1) is 6.54 Å². The van der Waals surface area contributed by atoms with Crippen LogP contribution in [0.4, 0.5) is 0 Å². The highest BCUT2D eigenvalue weighted by Crippen LogP contribution is 2.17. The Kier molecular flexibility index (Phi) is 5.91. The number of benzene rings is 1. The Bertz CT molecular complexity index is 458. The molecule has 1 aliphatic heterocycles. The van der Waals surface area contributed by atoms with E-state index in [1.807, 2.05) is 18.2 Å². The molecular formula is C17H23ClN2. The Morgan fingerprint density at radius 3 is 2.75 bits per heavy atom. The number of terminal acetylenes is 1. The van der Waals surface area contributed by atoms with Crippen molar-refractivity contribution in [2.75, 3.05) is 19.6 Å². The molecule has 0 spiro atoms. The molecule has 1 aromatic rings. The van der Waals surface area contributed by atoms with Gasteiger partial charge in [-0.1, -0.05) is 35.7 Å². The van der Waals surface area contributed by atoms with Gasteiger partial charge in [-0.05, 0) is 37.8 Å². The van der Waals surface area contributed by atoms with Crippen LogP contribution in [0.5, 0.6) is 0 Å². The Balaban J connectivity index is 1.77. The highest BCUT2D eigenvalue weighted by molar-refractivity contribution is 6.31. The molecule has 2 nitrogen and oxygen atoms in total. The second kappa shape index (κ2) is 7.69. The first-order valence-electron chi connectivity index (χ1n) is 7.34. The fourth-order valence-corrected chi connectivity index (χ4v) is 3.05. The van der Waals surface area contributed by atoms with Crippen LogP contribution in [0.15, 0.2) is 24.3 Å². The van der Waals surface area contributed by atoms with Crippen molar-refractivity contribution in [3.8, 4) is 12.3 Å². The van der Waals surface area contributed by atoms with E-state index in [4.69, 9.17) is 18.0 Å². The van der Waals surface area contributed by atoms with Crippen LogP contribution in [-0.2, 0) is 6.42 Å². The zero-order valence-electron chi connectivity index (χ0n) is 12.1. The molecule has 0 saturated carbocycles. The summed E-state index contributed by atoms with van der Waals surface area (Å²) in [5.41, 5.74) is 1.22. The number of likely N-dealkylation sites (tertiary alicyclic amines) is 1. The summed E-state index contributed by atoms with van der Waals surface area (Å²) in [5.74, 6) is 2.72. The van der Waals surface area contributed by atoms with Gasteiger partial charge in [0.15, 0.2) is 0 Å². The van der Waals surface area contributed by atoms with E-state index < -0.39 is 0 Å². The lowest BCUT2D eigenvalue weighted by molar-refractivity contribution is 0.210. The first kappa shape index (κ1) is 15.4. The number of hydrogen-bond acceptors (Lipinski definition) is 2. The summed E-state index contributed by atoms with van der Waals surface area (Å²) in [7, 11) is 0. The standard InChI is InChI=1S/C17H23ClN2/c1-3-10-20-11-8-16(9-12-20)19-14(2)13-15-6-4-5-7-17(15)18/h1,4-7,14,16,19H,8-13H2,2H3. The van der Waals surface area contributed by atoms with Gasteiger partial charge in [-0.25, -0.2) is 0 Å². The van der Waals surface area contributed by atoms with E-state index in [9.17, 15) is 0 Å². The van der Waals surface area contributed by atoms with Crippen LogP contribution in [0.1, 0.15) is 25.3 Å². The molecule has 1 aliphatic rings. The summed E-state index contributed by atoms with van der Waals surface area (Å²) in [6, 6.07) is 9.13. The van der Waals surface area contributed by atoms with Gasteiger partial charge in [0.2, 0.25) is 0 Å². The third-order valence-electron chi connectivity index (χ3n) is 3.91. The van der Waals surface area contributed by atoms with Crippen LogP contribution in [0, 0.1) is 12.3 Å². The molecule has 108 valence electrons. The number of nitrogens with zero attached hydrogens (tertiary/aromatic N) is 1. The second-order valence-electron chi connectivity index (χ2n) is 5.62. The minimum absolute atomic E-state index is 0.444. The summed E-state index contributed by atoms with van der Waals surface area (Å²) in [6.45, 7) is 5.21. The summed E-state index contributed by atoms with van der Waals surface area (Å²) >= 11 is 6.21. The predicted octanol–water partition coefficient (Wildman–Crippen LogP) is 2.96. The first-order chi connectivity index (χ1) is 9.69.